The number of nitro groups is 1. The molecule has 0 aromatic heterocycles. The summed E-state index contributed by atoms with van der Waals surface area (Å²) in [5.41, 5.74) is -0.131. The van der Waals surface area contributed by atoms with Crippen LogP contribution in [0, 0.1) is 10.1 Å². The third-order valence-corrected chi connectivity index (χ3v) is 2.61. The standard InChI is InChI=1S/C14H19N3O6/c1-10(18)15-5-7-22-13-4-3-12(17(20)21)9-14(13)23-8-6-16-11(2)19/h3-4,9H,5-8H2,1-2H3,(H,15,18)(H,16,19). The molecule has 0 aliphatic carbocycles. The van der Waals surface area contributed by atoms with Gasteiger partial charge in [0.15, 0.2) is 11.5 Å². The maximum Gasteiger partial charge on any atom is 0.273 e. The van der Waals surface area contributed by atoms with Crippen LogP contribution < -0.4 is 20.1 Å². The largest absolute Gasteiger partial charge is 0.488 e. The minimum Gasteiger partial charge on any atom is -0.488 e. The van der Waals surface area contributed by atoms with E-state index in [1.54, 1.807) is 0 Å². The maximum absolute atomic E-state index is 10.8. The van der Waals surface area contributed by atoms with Crippen LogP contribution in [0.15, 0.2) is 18.2 Å². The molecule has 0 spiro atoms. The van der Waals surface area contributed by atoms with E-state index >= 15 is 0 Å². The highest BCUT2D eigenvalue weighted by Gasteiger charge is 2.13. The number of hydrogen-bond donors (Lipinski definition) is 2. The molecule has 23 heavy (non-hydrogen) atoms. The Bertz CT molecular complexity index is 576. The van der Waals surface area contributed by atoms with Crippen LogP contribution >= 0.6 is 0 Å². The van der Waals surface area contributed by atoms with E-state index in [0.717, 1.165) is 0 Å². The SMILES string of the molecule is CC(=O)NCCOc1ccc([N+](=O)[O-])cc1OCCNC(C)=O. The zero-order valence-corrected chi connectivity index (χ0v) is 13.0. The number of non-ortho nitro benzene ring substituents is 1. The second-order valence-electron chi connectivity index (χ2n) is 4.55. The van der Waals surface area contributed by atoms with Gasteiger partial charge in [-0.3, -0.25) is 19.7 Å². The molecule has 0 unspecified atom stereocenters. The minimum atomic E-state index is -0.540. The van der Waals surface area contributed by atoms with E-state index < -0.39 is 4.92 Å². The Hall–Kier alpha value is -2.84. The lowest BCUT2D eigenvalue weighted by molar-refractivity contribution is -0.385. The molecule has 0 saturated heterocycles. The molecule has 0 atom stereocenters. The highest BCUT2D eigenvalue weighted by molar-refractivity contribution is 5.73. The third kappa shape index (κ3) is 7.11. The van der Waals surface area contributed by atoms with Gasteiger partial charge >= 0.3 is 0 Å². The summed E-state index contributed by atoms with van der Waals surface area (Å²) in [6, 6.07) is 3.98. The number of amides is 2. The first-order valence-electron chi connectivity index (χ1n) is 6.93. The Morgan fingerprint density at radius 2 is 1.57 bits per heavy atom. The first-order chi connectivity index (χ1) is 10.9. The number of benzene rings is 1. The van der Waals surface area contributed by atoms with Crippen molar-refractivity contribution in [3.8, 4) is 11.5 Å². The van der Waals surface area contributed by atoms with Crippen molar-refractivity contribution in [3.05, 3.63) is 28.3 Å². The van der Waals surface area contributed by atoms with Crippen molar-refractivity contribution in [1.29, 1.82) is 0 Å². The molecular weight excluding hydrogens is 306 g/mol. The van der Waals surface area contributed by atoms with Crippen molar-refractivity contribution in [2.45, 2.75) is 13.8 Å². The van der Waals surface area contributed by atoms with E-state index in [-0.39, 0.29) is 43.0 Å². The van der Waals surface area contributed by atoms with Crippen LogP contribution in [0.4, 0.5) is 5.69 Å². The lowest BCUT2D eigenvalue weighted by atomic mass is 10.3. The fraction of sp³-hybridized carbons (Fsp3) is 0.429. The summed E-state index contributed by atoms with van der Waals surface area (Å²) in [5, 5.41) is 15.9. The van der Waals surface area contributed by atoms with Crippen molar-refractivity contribution in [3.63, 3.8) is 0 Å². The van der Waals surface area contributed by atoms with Crippen LogP contribution in [-0.4, -0.2) is 43.0 Å². The van der Waals surface area contributed by atoms with Gasteiger partial charge in [-0.2, -0.15) is 0 Å². The van der Waals surface area contributed by atoms with Gasteiger partial charge in [0.2, 0.25) is 11.8 Å². The molecule has 0 fully saturated rings. The number of nitrogens with one attached hydrogen (secondary N) is 2. The molecule has 1 aromatic rings. The van der Waals surface area contributed by atoms with Crippen molar-refractivity contribution in [2.75, 3.05) is 26.3 Å². The number of nitro benzene ring substituents is 1. The molecular formula is C14H19N3O6. The number of carbonyl (C=O) groups is 2. The van der Waals surface area contributed by atoms with Crippen LogP contribution in [0.1, 0.15) is 13.8 Å². The molecule has 2 N–H and O–H groups in total. The third-order valence-electron chi connectivity index (χ3n) is 2.61. The maximum atomic E-state index is 10.8. The molecule has 0 heterocycles. The summed E-state index contributed by atoms with van der Waals surface area (Å²) in [7, 11) is 0. The Labute approximate surface area is 133 Å². The smallest absolute Gasteiger partial charge is 0.273 e. The van der Waals surface area contributed by atoms with Gasteiger partial charge in [0.25, 0.3) is 5.69 Å². The lowest BCUT2D eigenvalue weighted by Gasteiger charge is -2.13. The summed E-state index contributed by atoms with van der Waals surface area (Å²) in [6.45, 7) is 3.68. The Kier molecular flexibility index (Phi) is 7.31. The Balaban J connectivity index is 2.68. The number of nitrogens with zero attached hydrogens (tertiary/aromatic N) is 1. The fourth-order valence-electron chi connectivity index (χ4n) is 1.62. The highest BCUT2D eigenvalue weighted by Crippen LogP contribution is 2.31. The molecule has 0 saturated carbocycles. The molecule has 9 nitrogen and oxygen atoms in total. The van der Waals surface area contributed by atoms with Crippen molar-refractivity contribution >= 4 is 17.5 Å². The summed E-state index contributed by atoms with van der Waals surface area (Å²) < 4.78 is 10.9. The summed E-state index contributed by atoms with van der Waals surface area (Å²) >= 11 is 0. The van der Waals surface area contributed by atoms with Crippen LogP contribution in [0.25, 0.3) is 0 Å². The van der Waals surface area contributed by atoms with Crippen molar-refractivity contribution < 1.29 is 24.0 Å². The Morgan fingerprint density at radius 3 is 2.04 bits per heavy atom. The van der Waals surface area contributed by atoms with Gasteiger partial charge in [0, 0.05) is 19.9 Å². The molecule has 0 bridgehead atoms. The number of ether oxygens (including phenoxy) is 2. The van der Waals surface area contributed by atoms with Crippen LogP contribution in [0.5, 0.6) is 11.5 Å². The molecule has 126 valence electrons. The first-order valence-corrected chi connectivity index (χ1v) is 6.93. The van der Waals surface area contributed by atoms with E-state index in [9.17, 15) is 19.7 Å². The van der Waals surface area contributed by atoms with E-state index in [1.807, 2.05) is 0 Å². The summed E-state index contributed by atoms with van der Waals surface area (Å²) in [6.07, 6.45) is 0. The topological polar surface area (TPSA) is 120 Å². The van der Waals surface area contributed by atoms with Crippen molar-refractivity contribution in [1.82, 2.24) is 10.6 Å². The van der Waals surface area contributed by atoms with Crippen LogP contribution in [0.3, 0.4) is 0 Å². The molecule has 9 heteroatoms. The van der Waals surface area contributed by atoms with Gasteiger partial charge in [0.05, 0.1) is 24.1 Å². The van der Waals surface area contributed by atoms with Gasteiger partial charge in [-0.1, -0.05) is 0 Å². The van der Waals surface area contributed by atoms with Gasteiger partial charge in [0.1, 0.15) is 13.2 Å². The molecule has 0 aliphatic heterocycles. The predicted octanol–water partition coefficient (Wildman–Crippen LogP) is 0.625. The normalized spacial score (nSPS) is 9.83. The predicted molar refractivity (Wildman–Crippen MR) is 81.5 cm³/mol. The van der Waals surface area contributed by atoms with Gasteiger partial charge in [-0.15, -0.1) is 0 Å². The molecule has 2 amide bonds. The minimum absolute atomic E-state index is 0.131. The number of hydrogen-bond acceptors (Lipinski definition) is 6. The average Bonchev–Trinajstić information content (AvgIpc) is 2.48. The Morgan fingerprint density at radius 1 is 1.04 bits per heavy atom. The first kappa shape index (κ1) is 18.2. The lowest BCUT2D eigenvalue weighted by Crippen LogP contribution is -2.26. The van der Waals surface area contributed by atoms with E-state index in [1.165, 1.54) is 32.0 Å². The van der Waals surface area contributed by atoms with E-state index in [4.69, 9.17) is 9.47 Å². The molecule has 1 rings (SSSR count). The molecule has 0 aliphatic rings. The highest BCUT2D eigenvalue weighted by atomic mass is 16.6. The van der Waals surface area contributed by atoms with E-state index in [0.29, 0.717) is 12.3 Å². The molecule has 0 radical (unpaired) electrons. The second kappa shape index (κ2) is 9.23. The number of carbonyl (C=O) groups excluding carboxylic acids is 2. The quantitative estimate of drug-likeness (QED) is 0.390. The summed E-state index contributed by atoms with van der Waals surface area (Å²) in [5.74, 6) is 0.152. The monoisotopic (exact) mass is 325 g/mol. The van der Waals surface area contributed by atoms with Crippen LogP contribution in [-0.2, 0) is 9.59 Å². The fourth-order valence-corrected chi connectivity index (χ4v) is 1.62. The van der Waals surface area contributed by atoms with Gasteiger partial charge in [-0.05, 0) is 6.07 Å². The number of rotatable bonds is 9. The second-order valence-corrected chi connectivity index (χ2v) is 4.55. The zero-order chi connectivity index (χ0) is 17.2. The zero-order valence-electron chi connectivity index (χ0n) is 13.0. The average molecular weight is 325 g/mol. The van der Waals surface area contributed by atoms with Gasteiger partial charge in [-0.25, -0.2) is 0 Å². The van der Waals surface area contributed by atoms with Crippen LogP contribution in [0.2, 0.25) is 0 Å². The van der Waals surface area contributed by atoms with Gasteiger partial charge < -0.3 is 20.1 Å². The van der Waals surface area contributed by atoms with Crippen molar-refractivity contribution in [2.24, 2.45) is 0 Å². The summed E-state index contributed by atoms with van der Waals surface area (Å²) in [4.78, 5) is 31.8. The van der Waals surface area contributed by atoms with E-state index in [2.05, 4.69) is 10.6 Å². The molecule has 1 aromatic carbocycles.